The number of amides is 1. The Morgan fingerprint density at radius 2 is 1.82 bits per heavy atom. The third-order valence-corrected chi connectivity index (χ3v) is 9.58. The van der Waals surface area contributed by atoms with Gasteiger partial charge in [-0.25, -0.2) is 17.2 Å². The molecule has 4 rings (SSSR count). The van der Waals surface area contributed by atoms with Gasteiger partial charge in [0.05, 0.1) is 6.61 Å². The van der Waals surface area contributed by atoms with Gasteiger partial charge < -0.3 is 10.0 Å². The number of halogens is 2. The summed E-state index contributed by atoms with van der Waals surface area (Å²) in [7, 11) is -2.20. The maximum Gasteiger partial charge on any atom is 0.226 e. The molecule has 2 heterocycles. The van der Waals surface area contributed by atoms with Crippen LogP contribution in [0.15, 0.2) is 42.5 Å². The Balaban J connectivity index is 1.68. The predicted octanol–water partition coefficient (Wildman–Crippen LogP) is 3.57. The van der Waals surface area contributed by atoms with Gasteiger partial charge in [-0.05, 0) is 49.4 Å². The topological polar surface area (TPSA) is 77.9 Å². The van der Waals surface area contributed by atoms with E-state index in [9.17, 15) is 22.7 Å². The van der Waals surface area contributed by atoms with Crippen LogP contribution in [0.25, 0.3) is 0 Å². The average Bonchev–Trinajstić information content (AvgIpc) is 3.13. The van der Waals surface area contributed by atoms with Crippen LogP contribution in [-0.4, -0.2) is 54.9 Å². The number of carbonyl (C=O) groups excluding carboxylic acids is 1. The highest BCUT2D eigenvalue weighted by molar-refractivity contribution is 7.89. The Labute approximate surface area is 199 Å². The van der Waals surface area contributed by atoms with Crippen LogP contribution in [-0.2, 0) is 21.4 Å². The maximum atomic E-state index is 15.7. The molecule has 184 valence electrons. The first-order valence-corrected chi connectivity index (χ1v) is 13.0. The zero-order valence-corrected chi connectivity index (χ0v) is 20.1. The molecule has 2 saturated heterocycles. The van der Waals surface area contributed by atoms with E-state index < -0.39 is 45.4 Å². The molecule has 0 bridgehead atoms. The van der Waals surface area contributed by atoms with Crippen molar-refractivity contribution in [3.05, 3.63) is 70.8 Å². The summed E-state index contributed by atoms with van der Waals surface area (Å²) in [5.74, 6) is -3.28. The molecule has 0 spiro atoms. The van der Waals surface area contributed by atoms with E-state index >= 15 is 4.39 Å². The number of carbonyl (C=O) groups is 1. The minimum Gasteiger partial charge on any atom is -0.396 e. The van der Waals surface area contributed by atoms with Gasteiger partial charge in [0.25, 0.3) is 0 Å². The molecule has 4 atom stereocenters. The number of benzene rings is 2. The van der Waals surface area contributed by atoms with Gasteiger partial charge in [0.2, 0.25) is 15.9 Å². The molecule has 0 aliphatic carbocycles. The minimum atomic E-state index is -3.83. The molecular formula is C25H30F2N2O4S. The van der Waals surface area contributed by atoms with E-state index in [4.69, 9.17) is 0 Å². The van der Waals surface area contributed by atoms with Crippen molar-refractivity contribution in [2.75, 3.05) is 20.2 Å². The summed E-state index contributed by atoms with van der Waals surface area (Å²) in [4.78, 5) is 14.0. The highest BCUT2D eigenvalue weighted by Crippen LogP contribution is 2.39. The number of nitrogens with zero attached hydrogens (tertiary/aromatic N) is 2. The second-order valence-electron chi connectivity index (χ2n) is 9.33. The van der Waals surface area contributed by atoms with E-state index in [-0.39, 0.29) is 29.6 Å². The molecule has 2 aliphatic heterocycles. The molecule has 2 aromatic rings. The van der Waals surface area contributed by atoms with Crippen molar-refractivity contribution in [2.24, 2.45) is 5.92 Å². The first-order valence-electron chi connectivity index (χ1n) is 11.5. The van der Waals surface area contributed by atoms with E-state index in [1.54, 1.807) is 38.2 Å². The summed E-state index contributed by atoms with van der Waals surface area (Å²) in [5, 5.41) is 9.24. The molecule has 34 heavy (non-hydrogen) atoms. The Kier molecular flexibility index (Phi) is 7.07. The third-order valence-electron chi connectivity index (χ3n) is 7.21. The van der Waals surface area contributed by atoms with Crippen LogP contribution in [0.2, 0.25) is 0 Å². The van der Waals surface area contributed by atoms with Gasteiger partial charge in [0, 0.05) is 43.6 Å². The zero-order valence-electron chi connectivity index (χ0n) is 19.3. The monoisotopic (exact) mass is 492 g/mol. The van der Waals surface area contributed by atoms with E-state index in [0.717, 1.165) is 12.1 Å². The average molecular weight is 493 g/mol. The van der Waals surface area contributed by atoms with Gasteiger partial charge >= 0.3 is 0 Å². The largest absolute Gasteiger partial charge is 0.396 e. The number of sulfonamides is 1. The second-order valence-corrected chi connectivity index (χ2v) is 11.4. The lowest BCUT2D eigenvalue weighted by Crippen LogP contribution is -2.45. The SMILES string of the molecule is C[C@H]1CC[C@H](c2ccccc2)S(=O)(=O)N1Cc1cc(F)cc(C(CO)C2CCN(C)C2=O)c1F. The molecule has 0 saturated carbocycles. The number of hydrogen-bond acceptors (Lipinski definition) is 4. The highest BCUT2D eigenvalue weighted by atomic mass is 32.2. The number of aliphatic hydroxyl groups is 1. The lowest BCUT2D eigenvalue weighted by Gasteiger charge is -2.37. The first kappa shape index (κ1) is 24.8. The number of aliphatic hydroxyl groups excluding tert-OH is 1. The van der Waals surface area contributed by atoms with Crippen molar-refractivity contribution in [1.29, 1.82) is 0 Å². The van der Waals surface area contributed by atoms with Crippen molar-refractivity contribution < 1.29 is 27.1 Å². The Morgan fingerprint density at radius 3 is 2.44 bits per heavy atom. The fourth-order valence-corrected chi connectivity index (χ4v) is 7.43. The highest BCUT2D eigenvalue weighted by Gasteiger charge is 2.42. The smallest absolute Gasteiger partial charge is 0.226 e. The van der Waals surface area contributed by atoms with Crippen LogP contribution >= 0.6 is 0 Å². The van der Waals surface area contributed by atoms with Gasteiger partial charge in [-0.1, -0.05) is 30.3 Å². The van der Waals surface area contributed by atoms with Crippen molar-refractivity contribution >= 4 is 15.9 Å². The summed E-state index contributed by atoms with van der Waals surface area (Å²) in [6.45, 7) is 1.41. The van der Waals surface area contributed by atoms with Gasteiger partial charge in [-0.3, -0.25) is 4.79 Å². The van der Waals surface area contributed by atoms with E-state index in [1.807, 2.05) is 6.07 Å². The van der Waals surface area contributed by atoms with Gasteiger partial charge in [-0.15, -0.1) is 0 Å². The Morgan fingerprint density at radius 1 is 1.12 bits per heavy atom. The van der Waals surface area contributed by atoms with Crippen LogP contribution in [0, 0.1) is 17.6 Å². The molecule has 2 fully saturated rings. The van der Waals surface area contributed by atoms with Crippen LogP contribution in [0.4, 0.5) is 8.78 Å². The summed E-state index contributed by atoms with van der Waals surface area (Å²) >= 11 is 0. The van der Waals surface area contributed by atoms with Crippen LogP contribution in [0.5, 0.6) is 0 Å². The van der Waals surface area contributed by atoms with Crippen molar-refractivity contribution in [2.45, 2.75) is 49.9 Å². The summed E-state index contributed by atoms with van der Waals surface area (Å²) in [6.07, 6.45) is 1.47. The molecule has 0 aromatic heterocycles. The minimum absolute atomic E-state index is 0.0900. The fraction of sp³-hybridized carbons (Fsp3) is 0.480. The van der Waals surface area contributed by atoms with E-state index in [1.165, 1.54) is 9.21 Å². The quantitative estimate of drug-likeness (QED) is 0.669. The van der Waals surface area contributed by atoms with Crippen LogP contribution in [0.1, 0.15) is 54.0 Å². The van der Waals surface area contributed by atoms with Gasteiger partial charge in [-0.2, -0.15) is 4.31 Å². The maximum absolute atomic E-state index is 15.7. The Bertz CT molecular complexity index is 1160. The number of likely N-dealkylation sites (tertiary alicyclic amines) is 1. The molecule has 2 aliphatic rings. The van der Waals surface area contributed by atoms with Gasteiger partial charge in [0.1, 0.15) is 16.9 Å². The summed E-state index contributed by atoms with van der Waals surface area (Å²) in [5.41, 5.74) is 0.480. The second kappa shape index (κ2) is 9.71. The van der Waals surface area contributed by atoms with E-state index in [0.29, 0.717) is 31.4 Å². The lowest BCUT2D eigenvalue weighted by atomic mass is 9.84. The van der Waals surface area contributed by atoms with Crippen molar-refractivity contribution in [1.82, 2.24) is 9.21 Å². The summed E-state index contributed by atoms with van der Waals surface area (Å²) < 4.78 is 58.6. The van der Waals surface area contributed by atoms with E-state index in [2.05, 4.69) is 0 Å². The molecule has 1 amide bonds. The van der Waals surface area contributed by atoms with Crippen molar-refractivity contribution in [3.63, 3.8) is 0 Å². The normalized spacial score (nSPS) is 26.1. The molecule has 1 N–H and O–H groups in total. The van der Waals surface area contributed by atoms with Gasteiger partial charge in [0.15, 0.2) is 0 Å². The predicted molar refractivity (Wildman–Crippen MR) is 124 cm³/mol. The lowest BCUT2D eigenvalue weighted by molar-refractivity contribution is -0.130. The summed E-state index contributed by atoms with van der Waals surface area (Å²) in [6, 6.07) is 10.5. The molecule has 9 heteroatoms. The zero-order chi connectivity index (χ0) is 24.6. The van der Waals surface area contributed by atoms with Crippen LogP contribution in [0.3, 0.4) is 0 Å². The first-order chi connectivity index (χ1) is 16.1. The number of rotatable bonds is 6. The standard InChI is InChI=1S/C25H30F2N2O4S/c1-16-8-9-23(17-6-4-3-5-7-17)34(32,33)29(16)14-18-12-19(26)13-21(24(18)27)22(15-30)20-10-11-28(2)25(20)31/h3-7,12-13,16,20,22-23,30H,8-11,14-15H2,1-2H3/t16-,20?,22?,23+/m0/s1. The molecule has 2 unspecified atom stereocenters. The van der Waals surface area contributed by atoms with Crippen molar-refractivity contribution in [3.8, 4) is 0 Å². The number of hydrogen-bond donors (Lipinski definition) is 1. The molecule has 6 nitrogen and oxygen atoms in total. The Hall–Kier alpha value is -2.36. The molecular weight excluding hydrogens is 462 g/mol. The molecule has 2 aromatic carbocycles. The fourth-order valence-electron chi connectivity index (χ4n) is 5.24. The van der Waals surface area contributed by atoms with Crippen LogP contribution < -0.4 is 0 Å². The third kappa shape index (κ3) is 4.48. The molecule has 0 radical (unpaired) electrons.